The van der Waals surface area contributed by atoms with E-state index in [2.05, 4.69) is 11.4 Å². The highest BCUT2D eigenvalue weighted by molar-refractivity contribution is 6.05. The molecule has 0 aliphatic carbocycles. The topological polar surface area (TPSA) is 67.9 Å². The first-order chi connectivity index (χ1) is 15.0. The molecule has 2 unspecified atom stereocenters. The monoisotopic (exact) mass is 420 g/mol. The Hall–Kier alpha value is -3.12. The van der Waals surface area contributed by atoms with Crippen LogP contribution in [0.15, 0.2) is 42.5 Å². The second-order valence-electron chi connectivity index (χ2n) is 8.18. The van der Waals surface area contributed by atoms with Crippen LogP contribution < -0.4 is 14.8 Å². The second-order valence-corrected chi connectivity index (χ2v) is 8.18. The average molecular weight is 421 g/mol. The summed E-state index contributed by atoms with van der Waals surface area (Å²) in [6.07, 6.45) is 6.12. The minimum absolute atomic E-state index is 0.167. The van der Waals surface area contributed by atoms with Crippen LogP contribution in [0.5, 0.6) is 11.5 Å². The molecule has 2 atom stereocenters. The maximum atomic E-state index is 13.5. The molecular formula is C25H28N2O4. The molecule has 1 N–H and O–H groups in total. The van der Waals surface area contributed by atoms with Crippen LogP contribution in [-0.2, 0) is 6.54 Å². The van der Waals surface area contributed by atoms with Crippen molar-refractivity contribution in [1.29, 1.82) is 0 Å². The molecule has 1 amide bonds. The Kier molecular flexibility index (Phi) is 6.09. The number of methoxy groups -OCH3 is 2. The predicted octanol–water partition coefficient (Wildman–Crippen LogP) is 3.70. The van der Waals surface area contributed by atoms with Gasteiger partial charge in [-0.3, -0.25) is 9.59 Å². The number of aldehydes is 1. The van der Waals surface area contributed by atoms with Gasteiger partial charge in [-0.15, -0.1) is 0 Å². The van der Waals surface area contributed by atoms with E-state index >= 15 is 0 Å². The van der Waals surface area contributed by atoms with E-state index in [-0.39, 0.29) is 5.91 Å². The summed E-state index contributed by atoms with van der Waals surface area (Å²) in [7, 11) is 4.93. The summed E-state index contributed by atoms with van der Waals surface area (Å²) >= 11 is 0. The van der Waals surface area contributed by atoms with E-state index in [1.165, 1.54) is 0 Å². The fraction of sp³-hybridized carbons (Fsp3) is 0.360. The van der Waals surface area contributed by atoms with Crippen LogP contribution in [0, 0.1) is 0 Å². The second kappa shape index (κ2) is 8.94. The van der Waals surface area contributed by atoms with Crippen molar-refractivity contribution in [3.63, 3.8) is 0 Å². The Labute approximate surface area is 182 Å². The highest BCUT2D eigenvalue weighted by atomic mass is 16.5. The molecule has 31 heavy (non-hydrogen) atoms. The van der Waals surface area contributed by atoms with Crippen LogP contribution in [0.25, 0.3) is 5.57 Å². The van der Waals surface area contributed by atoms with Gasteiger partial charge in [0, 0.05) is 31.2 Å². The number of nitrogens with zero attached hydrogens (tertiary/aromatic N) is 1. The normalized spacial score (nSPS) is 19.5. The van der Waals surface area contributed by atoms with Crippen molar-refractivity contribution < 1.29 is 19.1 Å². The molecule has 0 saturated carbocycles. The number of amides is 1. The van der Waals surface area contributed by atoms with E-state index in [1.54, 1.807) is 32.2 Å². The SMILES string of the molecule is COc1ccc(CN(C)C(=O)c2c(C=O)cccc2C2=CC3CCC(C2)N3)cc1OC. The summed E-state index contributed by atoms with van der Waals surface area (Å²) in [5.74, 6) is 1.09. The summed E-state index contributed by atoms with van der Waals surface area (Å²) < 4.78 is 10.7. The molecule has 2 aromatic carbocycles. The summed E-state index contributed by atoms with van der Waals surface area (Å²) in [6.45, 7) is 0.387. The van der Waals surface area contributed by atoms with Gasteiger partial charge in [0.15, 0.2) is 17.8 Å². The Bertz CT molecular complexity index is 1030. The molecular weight excluding hydrogens is 392 g/mol. The summed E-state index contributed by atoms with van der Waals surface area (Å²) in [6, 6.07) is 11.9. The zero-order valence-corrected chi connectivity index (χ0v) is 18.2. The maximum Gasteiger partial charge on any atom is 0.255 e. The fourth-order valence-electron chi connectivity index (χ4n) is 4.61. The van der Waals surface area contributed by atoms with Gasteiger partial charge in [-0.05, 0) is 48.1 Å². The van der Waals surface area contributed by atoms with Crippen LogP contribution in [0.4, 0.5) is 0 Å². The van der Waals surface area contributed by atoms with Gasteiger partial charge in [-0.25, -0.2) is 0 Å². The van der Waals surface area contributed by atoms with Gasteiger partial charge in [0.05, 0.1) is 19.8 Å². The molecule has 0 radical (unpaired) electrons. The van der Waals surface area contributed by atoms with Gasteiger partial charge >= 0.3 is 0 Å². The highest BCUT2D eigenvalue weighted by Gasteiger charge is 2.30. The Morgan fingerprint density at radius 3 is 2.68 bits per heavy atom. The molecule has 2 aliphatic rings. The number of fused-ring (bicyclic) bond motifs is 2. The lowest BCUT2D eigenvalue weighted by atomic mass is 9.89. The van der Waals surface area contributed by atoms with Crippen molar-refractivity contribution in [2.75, 3.05) is 21.3 Å². The number of rotatable bonds is 7. The van der Waals surface area contributed by atoms with Crippen LogP contribution >= 0.6 is 0 Å². The Balaban J connectivity index is 1.64. The predicted molar refractivity (Wildman–Crippen MR) is 120 cm³/mol. The van der Waals surface area contributed by atoms with Crippen molar-refractivity contribution in [1.82, 2.24) is 10.2 Å². The molecule has 6 heteroatoms. The van der Waals surface area contributed by atoms with E-state index in [1.807, 2.05) is 30.3 Å². The third-order valence-electron chi connectivity index (χ3n) is 6.14. The van der Waals surface area contributed by atoms with E-state index in [9.17, 15) is 9.59 Å². The Morgan fingerprint density at radius 2 is 1.97 bits per heavy atom. The van der Waals surface area contributed by atoms with Crippen LogP contribution in [-0.4, -0.2) is 50.4 Å². The molecule has 162 valence electrons. The molecule has 6 nitrogen and oxygen atoms in total. The van der Waals surface area contributed by atoms with Crippen molar-refractivity contribution in [3.05, 3.63) is 64.7 Å². The zero-order chi connectivity index (χ0) is 22.0. The summed E-state index contributed by atoms with van der Waals surface area (Å²) in [4.78, 5) is 27.0. The first kappa shape index (κ1) is 21.1. The van der Waals surface area contributed by atoms with Gasteiger partial charge in [0.1, 0.15) is 0 Å². The number of ether oxygens (including phenoxy) is 2. The summed E-state index contributed by atoms with van der Waals surface area (Å²) in [5, 5.41) is 3.58. The van der Waals surface area contributed by atoms with Crippen molar-refractivity contribution in [2.45, 2.75) is 37.9 Å². The van der Waals surface area contributed by atoms with Crippen molar-refractivity contribution in [3.8, 4) is 11.5 Å². The third-order valence-corrected chi connectivity index (χ3v) is 6.14. The van der Waals surface area contributed by atoms with Crippen LogP contribution in [0.3, 0.4) is 0 Å². The molecule has 0 aromatic heterocycles. The minimum atomic E-state index is -0.167. The van der Waals surface area contributed by atoms with Gasteiger partial charge in [0.2, 0.25) is 0 Å². The number of carbonyl (C=O) groups excluding carboxylic acids is 2. The van der Waals surface area contributed by atoms with Gasteiger partial charge in [0.25, 0.3) is 5.91 Å². The third kappa shape index (κ3) is 4.21. The molecule has 1 saturated heterocycles. The molecule has 2 heterocycles. The molecule has 0 spiro atoms. The van der Waals surface area contributed by atoms with Gasteiger partial charge in [-0.2, -0.15) is 0 Å². The lowest BCUT2D eigenvalue weighted by Crippen LogP contribution is -2.33. The fourth-order valence-corrected chi connectivity index (χ4v) is 4.61. The van der Waals surface area contributed by atoms with Crippen molar-refractivity contribution >= 4 is 17.8 Å². The molecule has 2 aromatic rings. The quantitative estimate of drug-likeness (QED) is 0.692. The minimum Gasteiger partial charge on any atom is -0.493 e. The number of hydrogen-bond donors (Lipinski definition) is 1. The first-order valence-electron chi connectivity index (χ1n) is 10.6. The highest BCUT2D eigenvalue weighted by Crippen LogP contribution is 2.35. The first-order valence-corrected chi connectivity index (χ1v) is 10.6. The number of carbonyl (C=O) groups is 2. The average Bonchev–Trinajstić information content (AvgIpc) is 3.14. The number of nitrogens with one attached hydrogen (secondary N) is 1. The van der Waals surface area contributed by atoms with E-state index in [4.69, 9.17) is 9.47 Å². The zero-order valence-electron chi connectivity index (χ0n) is 18.2. The lowest BCUT2D eigenvalue weighted by Gasteiger charge is -2.25. The number of hydrogen-bond acceptors (Lipinski definition) is 5. The van der Waals surface area contributed by atoms with E-state index < -0.39 is 0 Å². The van der Waals surface area contributed by atoms with E-state index in [0.717, 1.165) is 42.2 Å². The molecule has 2 bridgehead atoms. The Morgan fingerprint density at radius 1 is 1.16 bits per heavy atom. The van der Waals surface area contributed by atoms with E-state index in [0.29, 0.717) is 41.3 Å². The molecule has 4 rings (SSSR count). The standard InChI is InChI=1S/C25H28N2O4/c1-27(14-16-7-10-22(30-2)23(11-16)31-3)25(29)24-17(15-28)5-4-6-21(24)18-12-19-8-9-20(13-18)26-19/h4-7,10-12,15,19-20,26H,8-9,13-14H2,1-3H3. The lowest BCUT2D eigenvalue weighted by molar-refractivity contribution is 0.0781. The number of benzene rings is 2. The van der Waals surface area contributed by atoms with Crippen LogP contribution in [0.1, 0.15) is 51.1 Å². The smallest absolute Gasteiger partial charge is 0.255 e. The maximum absolute atomic E-state index is 13.5. The molecule has 2 aliphatic heterocycles. The van der Waals surface area contributed by atoms with Crippen LogP contribution in [0.2, 0.25) is 0 Å². The summed E-state index contributed by atoms with van der Waals surface area (Å²) in [5.41, 5.74) is 3.84. The van der Waals surface area contributed by atoms with Gasteiger partial charge in [-0.1, -0.05) is 30.3 Å². The van der Waals surface area contributed by atoms with Gasteiger partial charge < -0.3 is 19.7 Å². The van der Waals surface area contributed by atoms with Crippen molar-refractivity contribution in [2.24, 2.45) is 0 Å². The molecule has 1 fully saturated rings. The largest absolute Gasteiger partial charge is 0.493 e.